The highest BCUT2D eigenvalue weighted by Gasteiger charge is 2.08. The fraction of sp³-hybridized carbons (Fsp3) is 0.154. The van der Waals surface area contributed by atoms with Crippen molar-refractivity contribution in [3.05, 3.63) is 39.5 Å². The van der Waals surface area contributed by atoms with Crippen molar-refractivity contribution < 1.29 is 14.6 Å². The molecule has 0 aromatic heterocycles. The molecule has 0 unspecified atom stereocenters. The second kappa shape index (κ2) is 4.91. The monoisotopic (exact) mass is 342 g/mol. The molecule has 0 bridgehead atoms. The average Bonchev–Trinajstić information content (AvgIpc) is 2.32. The van der Waals surface area contributed by atoms with Gasteiger partial charge in [0.1, 0.15) is 5.75 Å². The highest BCUT2D eigenvalue weighted by Crippen LogP contribution is 2.27. The van der Waals surface area contributed by atoms with Crippen molar-refractivity contribution in [2.75, 3.05) is 7.11 Å². The molecule has 0 amide bonds. The number of rotatable bonds is 3. The minimum absolute atomic E-state index is 0.0558. The standard InChI is InChI=1S/C13H11IO3/c1-17-10-4-5-11-8(6-10)2-3-9(13(11)14)7-12(15)16/h2-6H,7H2,1H3,(H,15,16). The molecular weight excluding hydrogens is 331 g/mol. The zero-order valence-electron chi connectivity index (χ0n) is 9.24. The molecule has 0 saturated heterocycles. The molecule has 17 heavy (non-hydrogen) atoms. The molecule has 0 fully saturated rings. The highest BCUT2D eigenvalue weighted by atomic mass is 127. The number of hydrogen-bond acceptors (Lipinski definition) is 2. The Morgan fingerprint density at radius 1 is 1.35 bits per heavy atom. The summed E-state index contributed by atoms with van der Waals surface area (Å²) in [5.74, 6) is -0.00457. The summed E-state index contributed by atoms with van der Waals surface area (Å²) in [6.07, 6.45) is 0.0558. The van der Waals surface area contributed by atoms with Crippen molar-refractivity contribution in [1.82, 2.24) is 0 Å². The Morgan fingerprint density at radius 2 is 2.12 bits per heavy atom. The molecule has 1 N–H and O–H groups in total. The number of aliphatic carboxylic acids is 1. The van der Waals surface area contributed by atoms with Gasteiger partial charge in [-0.15, -0.1) is 0 Å². The van der Waals surface area contributed by atoms with Gasteiger partial charge in [-0.05, 0) is 57.1 Å². The minimum Gasteiger partial charge on any atom is -0.497 e. The van der Waals surface area contributed by atoms with Crippen molar-refractivity contribution in [3.8, 4) is 5.75 Å². The van der Waals surface area contributed by atoms with Crippen LogP contribution in [0.3, 0.4) is 0 Å². The molecule has 0 aliphatic carbocycles. The summed E-state index contributed by atoms with van der Waals surface area (Å²) in [7, 11) is 1.63. The van der Waals surface area contributed by atoms with Gasteiger partial charge in [0.05, 0.1) is 13.5 Å². The predicted octanol–water partition coefficient (Wildman–Crippen LogP) is 3.08. The largest absolute Gasteiger partial charge is 0.497 e. The molecule has 0 atom stereocenters. The first-order chi connectivity index (χ1) is 8.11. The third-order valence-electron chi connectivity index (χ3n) is 2.58. The lowest BCUT2D eigenvalue weighted by Gasteiger charge is -2.07. The summed E-state index contributed by atoms with van der Waals surface area (Å²) in [4.78, 5) is 10.7. The normalized spacial score (nSPS) is 10.5. The summed E-state index contributed by atoms with van der Waals surface area (Å²) in [5.41, 5.74) is 0.843. The van der Waals surface area contributed by atoms with Crippen LogP contribution in [-0.2, 0) is 11.2 Å². The predicted molar refractivity (Wildman–Crippen MR) is 74.6 cm³/mol. The van der Waals surface area contributed by atoms with Gasteiger partial charge >= 0.3 is 5.97 Å². The number of halogens is 1. The molecule has 0 radical (unpaired) electrons. The molecule has 4 heteroatoms. The van der Waals surface area contributed by atoms with E-state index < -0.39 is 5.97 Å². The molecule has 2 aromatic rings. The third kappa shape index (κ3) is 2.52. The van der Waals surface area contributed by atoms with Crippen LogP contribution < -0.4 is 4.74 Å². The van der Waals surface area contributed by atoms with E-state index in [-0.39, 0.29) is 6.42 Å². The van der Waals surface area contributed by atoms with Crippen LogP contribution in [0, 0.1) is 3.57 Å². The molecule has 0 aliphatic rings. The number of benzene rings is 2. The lowest BCUT2D eigenvalue weighted by atomic mass is 10.0. The van der Waals surface area contributed by atoms with Crippen LogP contribution in [0.1, 0.15) is 5.56 Å². The molecule has 3 nitrogen and oxygen atoms in total. The second-order valence-electron chi connectivity index (χ2n) is 3.70. The zero-order valence-corrected chi connectivity index (χ0v) is 11.4. The smallest absolute Gasteiger partial charge is 0.307 e. The molecule has 0 saturated carbocycles. The maximum atomic E-state index is 10.7. The second-order valence-corrected chi connectivity index (χ2v) is 4.77. The average molecular weight is 342 g/mol. The first-order valence-electron chi connectivity index (χ1n) is 5.08. The Hall–Kier alpha value is -1.30. The van der Waals surface area contributed by atoms with Crippen molar-refractivity contribution >= 4 is 39.3 Å². The van der Waals surface area contributed by atoms with Crippen LogP contribution in [0.4, 0.5) is 0 Å². The molecule has 2 aromatic carbocycles. The van der Waals surface area contributed by atoms with Gasteiger partial charge in [0.2, 0.25) is 0 Å². The van der Waals surface area contributed by atoms with Crippen LogP contribution in [0.2, 0.25) is 0 Å². The van der Waals surface area contributed by atoms with Crippen LogP contribution in [0.25, 0.3) is 10.8 Å². The number of carboxylic acid groups (broad SMARTS) is 1. The van der Waals surface area contributed by atoms with Crippen molar-refractivity contribution in [1.29, 1.82) is 0 Å². The number of methoxy groups -OCH3 is 1. The Balaban J connectivity index is 2.56. The number of fused-ring (bicyclic) bond motifs is 1. The van der Waals surface area contributed by atoms with Gasteiger partial charge in [0.15, 0.2) is 0 Å². The fourth-order valence-electron chi connectivity index (χ4n) is 1.74. The number of carboxylic acids is 1. The summed E-state index contributed by atoms with van der Waals surface area (Å²) in [5, 5.41) is 10.9. The van der Waals surface area contributed by atoms with E-state index in [1.165, 1.54) is 0 Å². The lowest BCUT2D eigenvalue weighted by molar-refractivity contribution is -0.136. The fourth-order valence-corrected chi connectivity index (χ4v) is 2.60. The number of ether oxygens (including phenoxy) is 1. The van der Waals surface area contributed by atoms with Crippen LogP contribution in [0.5, 0.6) is 5.75 Å². The van der Waals surface area contributed by atoms with E-state index in [4.69, 9.17) is 9.84 Å². The van der Waals surface area contributed by atoms with Crippen LogP contribution in [0.15, 0.2) is 30.3 Å². The molecule has 0 spiro atoms. The van der Waals surface area contributed by atoms with Gasteiger partial charge in [0.25, 0.3) is 0 Å². The number of hydrogen-bond donors (Lipinski definition) is 1. The van der Waals surface area contributed by atoms with Gasteiger partial charge in [-0.1, -0.05) is 12.1 Å². The Kier molecular flexibility index (Phi) is 3.51. The minimum atomic E-state index is -0.809. The first kappa shape index (κ1) is 12.2. The summed E-state index contributed by atoms with van der Waals surface area (Å²) in [6.45, 7) is 0. The SMILES string of the molecule is COc1ccc2c(I)c(CC(=O)O)ccc2c1. The maximum absolute atomic E-state index is 10.7. The van der Waals surface area contributed by atoms with Crippen molar-refractivity contribution in [2.45, 2.75) is 6.42 Å². The topological polar surface area (TPSA) is 46.5 Å². The van der Waals surface area contributed by atoms with E-state index in [1.807, 2.05) is 30.3 Å². The zero-order chi connectivity index (χ0) is 12.4. The van der Waals surface area contributed by atoms with E-state index in [0.717, 1.165) is 25.7 Å². The molecular formula is C13H11IO3. The van der Waals surface area contributed by atoms with E-state index in [9.17, 15) is 4.79 Å². The molecule has 2 rings (SSSR count). The van der Waals surface area contributed by atoms with Crippen molar-refractivity contribution in [3.63, 3.8) is 0 Å². The summed E-state index contributed by atoms with van der Waals surface area (Å²) in [6, 6.07) is 9.58. The molecule has 0 heterocycles. The Morgan fingerprint density at radius 3 is 2.76 bits per heavy atom. The summed E-state index contributed by atoms with van der Waals surface area (Å²) >= 11 is 2.19. The van der Waals surface area contributed by atoms with Crippen LogP contribution >= 0.6 is 22.6 Å². The van der Waals surface area contributed by atoms with E-state index in [0.29, 0.717) is 0 Å². The van der Waals surface area contributed by atoms with Gasteiger partial charge in [-0.25, -0.2) is 0 Å². The Labute approximate surface area is 113 Å². The quantitative estimate of drug-likeness (QED) is 0.872. The molecule has 0 aliphatic heterocycles. The maximum Gasteiger partial charge on any atom is 0.307 e. The van der Waals surface area contributed by atoms with Crippen molar-refractivity contribution in [2.24, 2.45) is 0 Å². The first-order valence-corrected chi connectivity index (χ1v) is 6.16. The van der Waals surface area contributed by atoms with E-state index in [2.05, 4.69) is 22.6 Å². The number of carbonyl (C=O) groups is 1. The van der Waals surface area contributed by atoms with Crippen LogP contribution in [-0.4, -0.2) is 18.2 Å². The third-order valence-corrected chi connectivity index (χ3v) is 3.86. The van der Waals surface area contributed by atoms with Gasteiger partial charge in [-0.3, -0.25) is 4.79 Å². The lowest BCUT2D eigenvalue weighted by Crippen LogP contribution is -2.02. The Bertz CT molecular complexity index is 578. The summed E-state index contributed by atoms with van der Waals surface area (Å²) < 4.78 is 6.15. The van der Waals surface area contributed by atoms with Gasteiger partial charge in [-0.2, -0.15) is 0 Å². The molecule has 88 valence electrons. The van der Waals surface area contributed by atoms with Gasteiger partial charge in [0, 0.05) is 3.57 Å². The van der Waals surface area contributed by atoms with Gasteiger partial charge < -0.3 is 9.84 Å². The van der Waals surface area contributed by atoms with E-state index in [1.54, 1.807) is 7.11 Å². The highest BCUT2D eigenvalue weighted by molar-refractivity contribution is 14.1. The van der Waals surface area contributed by atoms with E-state index >= 15 is 0 Å².